The molecule has 1 aromatic carbocycles. The number of hydrogen-bond acceptors (Lipinski definition) is 8. The second-order valence-corrected chi connectivity index (χ2v) is 9.77. The highest BCUT2D eigenvalue weighted by molar-refractivity contribution is 7.99. The summed E-state index contributed by atoms with van der Waals surface area (Å²) in [6.45, 7) is 9.54. The molecule has 0 saturated heterocycles. The van der Waals surface area contributed by atoms with Crippen LogP contribution in [0, 0.1) is 18.6 Å². The SMILES string of the molecule is C=CCn1c(SCC(=O)Nc2sc(C)c(CC)c2C(=O)OC)nnc1C(C)Oc1ccc(F)cc1F. The average molecular weight is 537 g/mol. The third-order valence-corrected chi connectivity index (χ3v) is 7.19. The Morgan fingerprint density at radius 1 is 1.33 bits per heavy atom. The number of hydrogen-bond donors (Lipinski definition) is 1. The van der Waals surface area contributed by atoms with Crippen molar-refractivity contribution >= 4 is 40.0 Å². The summed E-state index contributed by atoms with van der Waals surface area (Å²) < 4.78 is 39.4. The molecule has 3 rings (SSSR count). The molecule has 1 amide bonds. The molecule has 8 nitrogen and oxygen atoms in total. The van der Waals surface area contributed by atoms with Crippen LogP contribution in [0.4, 0.5) is 13.8 Å². The van der Waals surface area contributed by atoms with Crippen molar-refractivity contribution in [2.75, 3.05) is 18.2 Å². The Labute approximate surface area is 215 Å². The number of nitrogens with one attached hydrogen (secondary N) is 1. The lowest BCUT2D eigenvalue weighted by Gasteiger charge is -2.16. The lowest BCUT2D eigenvalue weighted by molar-refractivity contribution is -0.113. The Hall–Kier alpha value is -3.25. The summed E-state index contributed by atoms with van der Waals surface area (Å²) in [5.41, 5.74) is 1.22. The Balaban J connectivity index is 1.73. The van der Waals surface area contributed by atoms with Crippen molar-refractivity contribution in [2.24, 2.45) is 0 Å². The molecule has 1 N–H and O–H groups in total. The van der Waals surface area contributed by atoms with E-state index < -0.39 is 23.7 Å². The van der Waals surface area contributed by atoms with Crippen molar-refractivity contribution in [1.29, 1.82) is 0 Å². The maximum atomic E-state index is 14.0. The number of halogens is 2. The molecule has 2 heterocycles. The highest BCUT2D eigenvalue weighted by atomic mass is 32.2. The van der Waals surface area contributed by atoms with Crippen molar-refractivity contribution < 1.29 is 27.8 Å². The number of methoxy groups -OCH3 is 1. The van der Waals surface area contributed by atoms with Crippen LogP contribution in [0.5, 0.6) is 5.75 Å². The zero-order valence-corrected chi connectivity index (χ0v) is 21.9. The number of esters is 1. The Kier molecular flexibility index (Phi) is 9.21. The van der Waals surface area contributed by atoms with Crippen molar-refractivity contribution in [3.63, 3.8) is 0 Å². The van der Waals surface area contributed by atoms with Crippen LogP contribution in [0.1, 0.15) is 46.6 Å². The van der Waals surface area contributed by atoms with Crippen molar-refractivity contribution in [2.45, 2.75) is 45.0 Å². The first kappa shape index (κ1) is 27.3. The number of anilines is 1. The molecule has 0 aliphatic rings. The summed E-state index contributed by atoms with van der Waals surface area (Å²) in [7, 11) is 1.30. The van der Waals surface area contributed by atoms with E-state index in [-0.39, 0.29) is 17.4 Å². The van der Waals surface area contributed by atoms with Gasteiger partial charge in [0.05, 0.1) is 18.4 Å². The highest BCUT2D eigenvalue weighted by Crippen LogP contribution is 2.34. The standard InChI is InChI=1S/C24H26F2N4O4S2/c1-6-10-30-21(13(3)34-18-9-8-15(25)11-17(18)26)28-29-24(30)35-12-19(31)27-22-20(23(32)33-5)16(7-2)14(4)36-22/h6,8-9,11,13H,1,7,10,12H2,2-5H3,(H,27,31). The van der Waals surface area contributed by atoms with Crippen molar-refractivity contribution in [3.05, 3.63) is 64.3 Å². The Bertz CT molecular complexity index is 1280. The minimum absolute atomic E-state index is 0.00385. The number of thiophene rings is 1. The number of nitrogens with zero attached hydrogens (tertiary/aromatic N) is 3. The summed E-state index contributed by atoms with van der Waals surface area (Å²) in [6.07, 6.45) is 1.54. The summed E-state index contributed by atoms with van der Waals surface area (Å²) in [4.78, 5) is 25.9. The van der Waals surface area contributed by atoms with Crippen LogP contribution >= 0.6 is 23.1 Å². The lowest BCUT2D eigenvalue weighted by atomic mass is 10.1. The molecule has 0 spiro atoms. The molecule has 12 heteroatoms. The molecule has 36 heavy (non-hydrogen) atoms. The van der Waals surface area contributed by atoms with Gasteiger partial charge in [0.15, 0.2) is 28.7 Å². The van der Waals surface area contributed by atoms with Crippen LogP contribution in [0.2, 0.25) is 0 Å². The normalized spacial score (nSPS) is 11.7. The number of thioether (sulfide) groups is 1. The van der Waals surface area contributed by atoms with E-state index in [1.807, 2.05) is 13.8 Å². The second-order valence-electron chi connectivity index (χ2n) is 7.60. The zero-order valence-electron chi connectivity index (χ0n) is 20.3. The van der Waals surface area contributed by atoms with Gasteiger partial charge in [-0.3, -0.25) is 9.36 Å². The molecule has 3 aromatic rings. The molecule has 0 radical (unpaired) electrons. The monoisotopic (exact) mass is 536 g/mol. The smallest absolute Gasteiger partial charge is 0.341 e. The van der Waals surface area contributed by atoms with Gasteiger partial charge in [-0.2, -0.15) is 0 Å². The van der Waals surface area contributed by atoms with E-state index in [4.69, 9.17) is 9.47 Å². The molecular weight excluding hydrogens is 510 g/mol. The van der Waals surface area contributed by atoms with Gasteiger partial charge in [-0.15, -0.1) is 28.1 Å². The fourth-order valence-electron chi connectivity index (χ4n) is 3.53. The van der Waals surface area contributed by atoms with Gasteiger partial charge in [0, 0.05) is 17.5 Å². The summed E-state index contributed by atoms with van der Waals surface area (Å²) >= 11 is 2.46. The number of rotatable bonds is 11. The summed E-state index contributed by atoms with van der Waals surface area (Å²) in [5.74, 6) is -2.11. The van der Waals surface area contributed by atoms with Gasteiger partial charge in [-0.1, -0.05) is 24.8 Å². The van der Waals surface area contributed by atoms with Gasteiger partial charge in [-0.25, -0.2) is 13.6 Å². The number of allylic oxidation sites excluding steroid dienone is 1. The highest BCUT2D eigenvalue weighted by Gasteiger charge is 2.24. The van der Waals surface area contributed by atoms with E-state index in [0.29, 0.717) is 34.5 Å². The lowest BCUT2D eigenvalue weighted by Crippen LogP contribution is -2.17. The zero-order chi connectivity index (χ0) is 26.4. The first-order chi connectivity index (χ1) is 17.2. The van der Waals surface area contributed by atoms with Gasteiger partial charge in [0.2, 0.25) is 5.91 Å². The summed E-state index contributed by atoms with van der Waals surface area (Å²) in [6, 6.07) is 3.04. The predicted octanol–water partition coefficient (Wildman–Crippen LogP) is 5.33. The molecule has 0 saturated carbocycles. The van der Waals surface area contributed by atoms with E-state index in [2.05, 4.69) is 22.1 Å². The van der Waals surface area contributed by atoms with Crippen LogP contribution in [-0.4, -0.2) is 39.5 Å². The quantitative estimate of drug-likeness (QED) is 0.201. The minimum atomic E-state index is -0.829. The van der Waals surface area contributed by atoms with Gasteiger partial charge >= 0.3 is 5.97 Å². The van der Waals surface area contributed by atoms with Gasteiger partial charge in [0.1, 0.15) is 10.8 Å². The molecule has 0 bridgehead atoms. The number of amides is 1. The second kappa shape index (κ2) is 12.1. The van der Waals surface area contributed by atoms with Crippen LogP contribution in [0.3, 0.4) is 0 Å². The Morgan fingerprint density at radius 2 is 2.08 bits per heavy atom. The number of carbonyl (C=O) groups excluding carboxylic acids is 2. The van der Waals surface area contributed by atoms with Crippen molar-refractivity contribution in [3.8, 4) is 5.75 Å². The molecular formula is C24H26F2N4O4S2. The third kappa shape index (κ3) is 6.11. The summed E-state index contributed by atoms with van der Waals surface area (Å²) in [5, 5.41) is 12.0. The van der Waals surface area contributed by atoms with E-state index in [0.717, 1.165) is 34.3 Å². The average Bonchev–Trinajstić information content (AvgIpc) is 3.38. The molecule has 1 atom stereocenters. The topological polar surface area (TPSA) is 95.3 Å². The minimum Gasteiger partial charge on any atom is -0.480 e. The Morgan fingerprint density at radius 3 is 2.72 bits per heavy atom. The molecule has 2 aromatic heterocycles. The first-order valence-electron chi connectivity index (χ1n) is 11.0. The molecule has 0 fully saturated rings. The van der Waals surface area contributed by atoms with Crippen LogP contribution in [0.25, 0.3) is 0 Å². The van der Waals surface area contributed by atoms with Crippen LogP contribution in [-0.2, 0) is 22.5 Å². The number of ether oxygens (including phenoxy) is 2. The van der Waals surface area contributed by atoms with E-state index in [1.54, 1.807) is 17.6 Å². The molecule has 192 valence electrons. The number of carbonyl (C=O) groups is 2. The fraction of sp³-hybridized carbons (Fsp3) is 0.333. The van der Waals surface area contributed by atoms with Gasteiger partial charge < -0.3 is 14.8 Å². The molecule has 0 aliphatic carbocycles. The van der Waals surface area contributed by atoms with E-state index in [9.17, 15) is 18.4 Å². The van der Waals surface area contributed by atoms with Gasteiger partial charge in [-0.05, 0) is 38.0 Å². The first-order valence-corrected chi connectivity index (χ1v) is 12.8. The van der Waals surface area contributed by atoms with E-state index >= 15 is 0 Å². The van der Waals surface area contributed by atoms with Crippen molar-refractivity contribution in [1.82, 2.24) is 14.8 Å². The van der Waals surface area contributed by atoms with Crippen LogP contribution < -0.4 is 10.1 Å². The number of benzene rings is 1. The molecule has 0 aliphatic heterocycles. The number of aromatic nitrogens is 3. The maximum Gasteiger partial charge on any atom is 0.341 e. The van der Waals surface area contributed by atoms with Crippen LogP contribution in [0.15, 0.2) is 36.0 Å². The predicted molar refractivity (Wildman–Crippen MR) is 135 cm³/mol. The van der Waals surface area contributed by atoms with Gasteiger partial charge in [0.25, 0.3) is 0 Å². The molecule has 1 unspecified atom stereocenters. The maximum absolute atomic E-state index is 14.0. The largest absolute Gasteiger partial charge is 0.480 e. The third-order valence-electron chi connectivity index (χ3n) is 5.16. The van der Waals surface area contributed by atoms with E-state index in [1.165, 1.54) is 24.5 Å². The number of aryl methyl sites for hydroxylation is 1. The fourth-order valence-corrected chi connectivity index (χ4v) is 5.43.